The third-order valence-electron chi connectivity index (χ3n) is 3.29. The topological polar surface area (TPSA) is 119 Å². The molecule has 0 amide bonds. The normalized spacial score (nSPS) is 12.9. The minimum absolute atomic E-state index is 0.0915. The summed E-state index contributed by atoms with van der Waals surface area (Å²) in [6.45, 7) is 10.4. The van der Waals surface area contributed by atoms with E-state index in [1.165, 1.54) is 0 Å². The molecule has 0 fully saturated rings. The highest BCUT2D eigenvalue weighted by molar-refractivity contribution is 5.91. The van der Waals surface area contributed by atoms with Gasteiger partial charge in [-0.1, -0.05) is 39.0 Å². The highest BCUT2D eigenvalue weighted by Crippen LogP contribution is 2.25. The van der Waals surface area contributed by atoms with Gasteiger partial charge in [-0.25, -0.2) is 4.79 Å². The molecule has 0 aliphatic rings. The fourth-order valence-corrected chi connectivity index (χ4v) is 1.81. The van der Waals surface area contributed by atoms with Crippen LogP contribution in [0, 0.1) is 34.5 Å². The fraction of sp³-hybridized carbons (Fsp3) is 0.526. The fourth-order valence-electron chi connectivity index (χ4n) is 1.81. The highest BCUT2D eigenvalue weighted by atomic mass is 17.1. The maximum atomic E-state index is 11.2. The average Bonchev–Trinajstić information content (AvgIpc) is 2.63. The van der Waals surface area contributed by atoms with Crippen molar-refractivity contribution in [1.82, 2.24) is 0 Å². The summed E-state index contributed by atoms with van der Waals surface area (Å²) in [5.41, 5.74) is 1.12. The summed E-state index contributed by atoms with van der Waals surface area (Å²) in [6.07, 6.45) is 0. The van der Waals surface area contributed by atoms with Crippen LogP contribution in [0.2, 0.25) is 0 Å². The molecule has 2 unspecified atom stereocenters. The molecule has 1 aromatic rings. The molecule has 0 aromatic heterocycles. The number of carbonyl (C=O) groups excluding carboxylic acids is 1. The lowest BCUT2D eigenvalue weighted by atomic mass is 9.84. The zero-order valence-corrected chi connectivity index (χ0v) is 15.9. The van der Waals surface area contributed by atoms with Crippen molar-refractivity contribution in [3.63, 3.8) is 0 Å². The van der Waals surface area contributed by atoms with E-state index in [-0.39, 0.29) is 17.3 Å². The van der Waals surface area contributed by atoms with Crippen molar-refractivity contribution in [2.24, 2.45) is 22.1 Å². The van der Waals surface area contributed by atoms with E-state index in [0.29, 0.717) is 18.7 Å². The summed E-state index contributed by atoms with van der Waals surface area (Å²) in [7, 11) is 0. The Bertz CT molecular complexity index is 657. The third-order valence-corrected chi connectivity index (χ3v) is 3.29. The van der Waals surface area contributed by atoms with E-state index < -0.39 is 5.97 Å². The van der Waals surface area contributed by atoms with Gasteiger partial charge in [0.2, 0.25) is 0 Å². The van der Waals surface area contributed by atoms with Gasteiger partial charge in [0.25, 0.3) is 0 Å². The van der Waals surface area contributed by atoms with Crippen molar-refractivity contribution >= 4 is 5.97 Å². The quantitative estimate of drug-likeness (QED) is 0.476. The second kappa shape index (κ2) is 11.7. The zero-order valence-electron chi connectivity index (χ0n) is 15.9. The lowest BCUT2D eigenvalue weighted by Crippen LogP contribution is -2.17. The van der Waals surface area contributed by atoms with Gasteiger partial charge in [-0.2, -0.15) is 26.0 Å². The van der Waals surface area contributed by atoms with E-state index in [2.05, 4.69) is 15.1 Å². The van der Waals surface area contributed by atoms with Crippen molar-refractivity contribution in [3.05, 3.63) is 35.4 Å². The summed E-state index contributed by atoms with van der Waals surface area (Å²) in [4.78, 5) is 14.9. The Labute approximate surface area is 154 Å². The Kier molecular flexibility index (Phi) is 10.5. The number of nitriles is 2. The second-order valence-corrected chi connectivity index (χ2v) is 6.88. The van der Waals surface area contributed by atoms with Crippen molar-refractivity contribution in [3.8, 4) is 12.1 Å². The molecule has 0 radical (unpaired) electrons. The maximum absolute atomic E-state index is 11.2. The lowest BCUT2D eigenvalue weighted by molar-refractivity contribution is -0.182. The predicted octanol–water partition coefficient (Wildman–Crippen LogP) is 4.37. The van der Waals surface area contributed by atoms with Crippen LogP contribution < -0.4 is 0 Å². The van der Waals surface area contributed by atoms with Crippen molar-refractivity contribution in [2.75, 3.05) is 13.1 Å². The number of hydrogen-bond acceptors (Lipinski definition) is 7. The van der Waals surface area contributed by atoms with Gasteiger partial charge in [-0.15, -0.1) is 0 Å². The first kappa shape index (κ1) is 23.2. The molecule has 0 spiro atoms. The first-order valence-corrected chi connectivity index (χ1v) is 8.25. The average molecular weight is 358 g/mol. The molecule has 0 saturated carbocycles. The van der Waals surface area contributed by atoms with E-state index in [1.54, 1.807) is 26.0 Å². The minimum Gasteiger partial charge on any atom is -0.295 e. The molecular formula is C19H26N4O3. The number of azo groups is 1. The number of nitrogens with zero attached hydrogens (tertiary/aromatic N) is 4. The van der Waals surface area contributed by atoms with Gasteiger partial charge in [0, 0.05) is 0 Å². The number of rotatable bonds is 5. The molecule has 0 aliphatic heterocycles. The van der Waals surface area contributed by atoms with Crippen LogP contribution in [0.3, 0.4) is 0 Å². The Hall–Kier alpha value is -2.77. The lowest BCUT2D eigenvalue weighted by Gasteiger charge is -2.21. The molecule has 2 atom stereocenters. The summed E-state index contributed by atoms with van der Waals surface area (Å²) < 4.78 is 0. The molecule has 0 heterocycles. The van der Waals surface area contributed by atoms with Gasteiger partial charge in [-0.05, 0) is 30.9 Å². The Morgan fingerprint density at radius 3 is 1.96 bits per heavy atom. The number of carbonyl (C=O) groups is 1. The Morgan fingerprint density at radius 2 is 1.58 bits per heavy atom. The molecule has 1 aromatic carbocycles. The van der Waals surface area contributed by atoms with Gasteiger partial charge in [0.1, 0.15) is 0 Å². The first-order chi connectivity index (χ1) is 12.2. The summed E-state index contributed by atoms with van der Waals surface area (Å²) in [6, 6.07) is 11.2. The van der Waals surface area contributed by atoms with Crippen LogP contribution in [0.1, 0.15) is 50.5 Å². The number of hydrogen-bond donors (Lipinski definition) is 1. The Morgan fingerprint density at radius 1 is 1.12 bits per heavy atom. The van der Waals surface area contributed by atoms with Crippen LogP contribution >= 0.6 is 0 Å². The monoisotopic (exact) mass is 358 g/mol. The van der Waals surface area contributed by atoms with Gasteiger partial charge in [-0.3, -0.25) is 4.89 Å². The predicted molar refractivity (Wildman–Crippen MR) is 97.3 cm³/mol. The summed E-state index contributed by atoms with van der Waals surface area (Å²) in [5.74, 6) is -0.896. The SMILES string of the molecule is CC(C#N)CN=NCC(C)C#N.CC(C)(C)c1ccccc1C(=O)OO. The van der Waals surface area contributed by atoms with E-state index in [9.17, 15) is 4.79 Å². The third kappa shape index (κ3) is 8.91. The molecule has 7 nitrogen and oxygen atoms in total. The molecule has 0 saturated heterocycles. The molecular weight excluding hydrogens is 332 g/mol. The van der Waals surface area contributed by atoms with Gasteiger partial charge in [0.05, 0.1) is 42.6 Å². The van der Waals surface area contributed by atoms with Gasteiger partial charge in [0.15, 0.2) is 0 Å². The molecule has 1 N–H and O–H groups in total. The second-order valence-electron chi connectivity index (χ2n) is 6.88. The van der Waals surface area contributed by atoms with Crippen LogP contribution in [0.15, 0.2) is 34.5 Å². The van der Waals surface area contributed by atoms with Crippen LogP contribution in [-0.2, 0) is 10.3 Å². The summed E-state index contributed by atoms with van der Waals surface area (Å²) >= 11 is 0. The molecule has 0 bridgehead atoms. The van der Waals surface area contributed by atoms with Crippen LogP contribution in [0.25, 0.3) is 0 Å². The van der Waals surface area contributed by atoms with Crippen molar-refractivity contribution in [2.45, 2.75) is 40.0 Å². The van der Waals surface area contributed by atoms with E-state index >= 15 is 0 Å². The smallest absolute Gasteiger partial charge is 0.295 e. The van der Waals surface area contributed by atoms with Crippen LogP contribution in [0.4, 0.5) is 0 Å². The molecule has 7 heteroatoms. The molecule has 26 heavy (non-hydrogen) atoms. The van der Waals surface area contributed by atoms with Crippen molar-refractivity contribution < 1.29 is 14.9 Å². The highest BCUT2D eigenvalue weighted by Gasteiger charge is 2.21. The van der Waals surface area contributed by atoms with E-state index in [0.717, 1.165) is 5.56 Å². The molecule has 140 valence electrons. The standard InChI is InChI=1S/C11H14O3.C8H12N4/c1-11(2,3)9-7-5-4-6-8(9)10(12)14-13;1-7(3-9)5-11-12-6-8(2)4-10/h4-7,13H,1-3H3;7-8H,5-6H2,1-2H3. The van der Waals surface area contributed by atoms with Gasteiger partial charge < -0.3 is 0 Å². The van der Waals surface area contributed by atoms with Crippen LogP contribution in [0.5, 0.6) is 0 Å². The first-order valence-electron chi connectivity index (χ1n) is 8.25. The van der Waals surface area contributed by atoms with E-state index in [1.807, 2.05) is 45.0 Å². The van der Waals surface area contributed by atoms with Crippen molar-refractivity contribution in [1.29, 1.82) is 10.5 Å². The Balaban J connectivity index is 0.000000488. The molecule has 1 rings (SSSR count). The van der Waals surface area contributed by atoms with E-state index in [4.69, 9.17) is 15.8 Å². The minimum atomic E-state index is -0.712. The zero-order chi connectivity index (χ0) is 20.2. The van der Waals surface area contributed by atoms with Gasteiger partial charge >= 0.3 is 5.97 Å². The molecule has 0 aliphatic carbocycles. The summed E-state index contributed by atoms with van der Waals surface area (Å²) in [5, 5.41) is 32.7. The van der Waals surface area contributed by atoms with Crippen LogP contribution in [-0.4, -0.2) is 24.3 Å². The number of benzene rings is 1. The largest absolute Gasteiger partial charge is 0.373 e. The maximum Gasteiger partial charge on any atom is 0.373 e.